The number of carbonyl (C=O) groups is 1. The van der Waals surface area contributed by atoms with Gasteiger partial charge in [-0.15, -0.1) is 11.3 Å². The van der Waals surface area contributed by atoms with Crippen molar-refractivity contribution in [1.82, 2.24) is 14.7 Å². The number of aliphatic hydroxyl groups is 1. The molecule has 0 aliphatic heterocycles. The summed E-state index contributed by atoms with van der Waals surface area (Å²) in [5.41, 5.74) is 0.991. The monoisotopic (exact) mass is 722 g/mol. The van der Waals surface area contributed by atoms with Gasteiger partial charge in [-0.05, 0) is 67.1 Å². The van der Waals surface area contributed by atoms with Crippen LogP contribution < -0.4 is 10.0 Å². The van der Waals surface area contributed by atoms with Crippen molar-refractivity contribution in [1.29, 1.82) is 0 Å². The van der Waals surface area contributed by atoms with E-state index in [0.717, 1.165) is 4.88 Å². The van der Waals surface area contributed by atoms with E-state index in [-0.39, 0.29) is 17.4 Å². The fraction of sp³-hybridized carbons (Fsp3) is 0.545. The van der Waals surface area contributed by atoms with Crippen LogP contribution in [0.4, 0.5) is 5.82 Å². The molecular weight excluding hydrogens is 676 g/mol. The van der Waals surface area contributed by atoms with Crippen molar-refractivity contribution in [2.75, 3.05) is 12.4 Å². The molecule has 3 N–H and O–H groups in total. The third kappa shape index (κ3) is 7.99. The van der Waals surface area contributed by atoms with Gasteiger partial charge < -0.3 is 14.8 Å². The van der Waals surface area contributed by atoms with Crippen LogP contribution in [0.25, 0.3) is 0 Å². The molecule has 4 rings (SSSR count). The Labute approximate surface area is 289 Å². The van der Waals surface area contributed by atoms with Gasteiger partial charge in [0.2, 0.25) is 14.1 Å². The van der Waals surface area contributed by atoms with Crippen molar-refractivity contribution in [3.8, 4) is 0 Å². The van der Waals surface area contributed by atoms with E-state index in [1.54, 1.807) is 37.3 Å². The summed E-state index contributed by atoms with van der Waals surface area (Å²) in [6.45, 7) is 16.6. The molecule has 0 amide bonds. The van der Waals surface area contributed by atoms with Crippen LogP contribution in [0.1, 0.15) is 92.5 Å². The maximum atomic E-state index is 13.9. The second kappa shape index (κ2) is 14.7. The fourth-order valence-electron chi connectivity index (χ4n) is 7.15. The minimum absolute atomic E-state index is 0.266. The molecule has 1 aliphatic carbocycles. The number of rotatable bonds is 14. The third-order valence-corrected chi connectivity index (χ3v) is 17.8. The van der Waals surface area contributed by atoms with Crippen LogP contribution in [-0.2, 0) is 24.5 Å². The van der Waals surface area contributed by atoms with E-state index in [9.17, 15) is 18.3 Å². The van der Waals surface area contributed by atoms with Gasteiger partial charge >= 0.3 is 10.3 Å². The van der Waals surface area contributed by atoms with Crippen LogP contribution in [0.15, 0.2) is 42.9 Å². The predicted octanol–water partition coefficient (Wildman–Crippen LogP) is 6.97. The Morgan fingerprint density at radius 1 is 1.11 bits per heavy atom. The molecule has 0 bridgehead atoms. The molecule has 1 fully saturated rings. The SMILES string of the molecule is CNS(=O)(=O)O[C@@H]1C[C@H](Nc2ncncc2C(=O)c2cc([C@@](C)(O)c3cccc(Cl)c3)c(C)s2)C[C@@H]1O[Si](C(C)C)(C(C)C)C(C)C. The van der Waals surface area contributed by atoms with Crippen LogP contribution in [0.2, 0.25) is 21.6 Å². The van der Waals surface area contributed by atoms with Crippen molar-refractivity contribution < 1.29 is 26.9 Å². The number of halogens is 1. The van der Waals surface area contributed by atoms with Gasteiger partial charge in [-0.2, -0.15) is 13.1 Å². The van der Waals surface area contributed by atoms with E-state index < -0.39 is 36.4 Å². The molecule has 1 aliphatic rings. The van der Waals surface area contributed by atoms with Crippen LogP contribution in [0.5, 0.6) is 0 Å². The number of ketones is 1. The van der Waals surface area contributed by atoms with Gasteiger partial charge in [0.15, 0.2) is 0 Å². The van der Waals surface area contributed by atoms with Gasteiger partial charge in [-0.3, -0.25) is 8.98 Å². The molecule has 0 unspecified atom stereocenters. The first-order valence-electron chi connectivity index (χ1n) is 15.9. The molecule has 0 radical (unpaired) electrons. The molecular formula is C33H47ClN4O6S2Si. The minimum atomic E-state index is -3.99. The molecule has 47 heavy (non-hydrogen) atoms. The Morgan fingerprint density at radius 3 is 2.34 bits per heavy atom. The molecule has 2 heterocycles. The van der Waals surface area contributed by atoms with Crippen LogP contribution in [-0.4, -0.2) is 62.9 Å². The predicted molar refractivity (Wildman–Crippen MR) is 190 cm³/mol. The summed E-state index contributed by atoms with van der Waals surface area (Å²) >= 11 is 7.48. The summed E-state index contributed by atoms with van der Waals surface area (Å²) in [4.78, 5) is 23.7. The van der Waals surface area contributed by atoms with E-state index in [0.29, 0.717) is 56.3 Å². The minimum Gasteiger partial charge on any atom is -0.410 e. The Bertz CT molecular complexity index is 1660. The zero-order chi connectivity index (χ0) is 34.9. The Hall–Kier alpha value is -2.23. The molecule has 2 aromatic heterocycles. The summed E-state index contributed by atoms with van der Waals surface area (Å²) in [6, 6.07) is 8.44. The van der Waals surface area contributed by atoms with E-state index in [1.165, 1.54) is 30.9 Å². The number of aryl methyl sites for hydroxylation is 1. The first-order chi connectivity index (χ1) is 21.9. The smallest absolute Gasteiger partial charge is 0.335 e. The highest BCUT2D eigenvalue weighted by molar-refractivity contribution is 7.84. The fourth-order valence-corrected chi connectivity index (χ4v) is 14.6. The highest BCUT2D eigenvalue weighted by atomic mass is 35.5. The Kier molecular flexibility index (Phi) is 11.8. The molecule has 258 valence electrons. The number of thiophene rings is 1. The van der Waals surface area contributed by atoms with Gasteiger partial charge in [0.1, 0.15) is 23.9 Å². The number of nitrogens with zero attached hydrogens (tertiary/aromatic N) is 2. The molecule has 3 aromatic rings. The van der Waals surface area contributed by atoms with Crippen LogP contribution >= 0.6 is 22.9 Å². The summed E-state index contributed by atoms with van der Waals surface area (Å²) in [5, 5.41) is 15.4. The maximum absolute atomic E-state index is 13.9. The van der Waals surface area contributed by atoms with Crippen LogP contribution in [0.3, 0.4) is 0 Å². The van der Waals surface area contributed by atoms with E-state index in [2.05, 4.69) is 61.5 Å². The van der Waals surface area contributed by atoms with Crippen molar-refractivity contribution in [3.63, 3.8) is 0 Å². The summed E-state index contributed by atoms with van der Waals surface area (Å²) < 4.78 is 40.0. The quantitative estimate of drug-likeness (QED) is 0.119. The summed E-state index contributed by atoms with van der Waals surface area (Å²) in [6.07, 6.45) is 2.42. The highest BCUT2D eigenvalue weighted by Gasteiger charge is 2.50. The summed E-state index contributed by atoms with van der Waals surface area (Å²) in [7, 11) is -5.07. The van der Waals surface area contributed by atoms with Gasteiger partial charge in [0.05, 0.1) is 16.5 Å². The van der Waals surface area contributed by atoms with E-state index in [4.69, 9.17) is 20.2 Å². The molecule has 0 saturated heterocycles. The van der Waals surface area contributed by atoms with Crippen molar-refractivity contribution in [2.45, 2.75) is 109 Å². The average Bonchev–Trinajstić information content (AvgIpc) is 3.57. The van der Waals surface area contributed by atoms with Crippen molar-refractivity contribution >= 4 is 53.2 Å². The first kappa shape index (κ1) is 37.6. The van der Waals surface area contributed by atoms with E-state index >= 15 is 0 Å². The molecule has 1 saturated carbocycles. The van der Waals surface area contributed by atoms with Gasteiger partial charge in [0.25, 0.3) is 0 Å². The first-order valence-corrected chi connectivity index (χ1v) is 20.7. The zero-order valence-corrected chi connectivity index (χ0v) is 31.9. The van der Waals surface area contributed by atoms with E-state index in [1.807, 2.05) is 6.92 Å². The number of aromatic nitrogens is 2. The molecule has 0 spiro atoms. The molecule has 1 aromatic carbocycles. The lowest BCUT2D eigenvalue weighted by Gasteiger charge is -2.44. The number of anilines is 1. The highest BCUT2D eigenvalue weighted by Crippen LogP contribution is 2.45. The second-order valence-electron chi connectivity index (χ2n) is 13.4. The summed E-state index contributed by atoms with van der Waals surface area (Å²) in [5.74, 6) is 0.0386. The maximum Gasteiger partial charge on any atom is 0.335 e. The number of nitrogens with one attached hydrogen (secondary N) is 2. The van der Waals surface area contributed by atoms with Crippen molar-refractivity contribution in [2.24, 2.45) is 0 Å². The Balaban J connectivity index is 1.63. The van der Waals surface area contributed by atoms with Gasteiger partial charge in [-0.1, -0.05) is 65.3 Å². The van der Waals surface area contributed by atoms with Crippen LogP contribution in [0, 0.1) is 6.92 Å². The number of benzene rings is 1. The molecule has 4 atom stereocenters. The largest absolute Gasteiger partial charge is 0.410 e. The average molecular weight is 723 g/mol. The number of hydrogen-bond acceptors (Lipinski definition) is 10. The van der Waals surface area contributed by atoms with Gasteiger partial charge in [-0.25, -0.2) is 9.97 Å². The Morgan fingerprint density at radius 2 is 1.74 bits per heavy atom. The molecule has 10 nitrogen and oxygen atoms in total. The lowest BCUT2D eigenvalue weighted by atomic mass is 9.88. The lowest BCUT2D eigenvalue weighted by molar-refractivity contribution is 0.0678. The number of carbonyl (C=O) groups excluding carboxylic acids is 1. The standard InChI is InChI=1S/C33H47ClN4O6S2Si/c1-19(2)47(20(3)4,21(5)6)44-29-15-25(14-28(29)43-46(41,42)35-9)38-32-26(17-36-18-37-32)31(39)30-16-27(22(7)45-30)33(8,40)23-11-10-12-24(34)13-23/h10-13,16-21,25,28-29,35,40H,14-15H2,1-9H3,(H,36,37,38)/t25-,28+,29-,33-/m0/s1. The third-order valence-electron chi connectivity index (χ3n) is 9.36. The second-order valence-corrected chi connectivity index (χ2v) is 22.0. The van der Waals surface area contributed by atoms with Crippen molar-refractivity contribution in [3.05, 3.63) is 74.3 Å². The topological polar surface area (TPSA) is 140 Å². The van der Waals surface area contributed by atoms with Gasteiger partial charge in [0, 0.05) is 34.7 Å². The zero-order valence-electron chi connectivity index (χ0n) is 28.5. The number of hydrogen-bond donors (Lipinski definition) is 3. The lowest BCUT2D eigenvalue weighted by Crippen LogP contribution is -2.52. The normalized spacial score (nSPS) is 20.3. The molecule has 14 heteroatoms.